The predicted molar refractivity (Wildman–Crippen MR) is 101 cm³/mol. The molecule has 0 radical (unpaired) electrons. The zero-order chi connectivity index (χ0) is 18.4. The largest absolute Gasteiger partial charge is 0.494 e. The van der Waals surface area contributed by atoms with E-state index < -0.39 is 11.8 Å². The Hall–Kier alpha value is -3.19. The minimum absolute atomic E-state index is 0.149. The molecule has 3 aromatic rings. The summed E-state index contributed by atoms with van der Waals surface area (Å²) in [6.45, 7) is 0. The summed E-state index contributed by atoms with van der Waals surface area (Å²) < 4.78 is 0.846. The van der Waals surface area contributed by atoms with Crippen LogP contribution in [-0.2, 0) is 0 Å². The normalized spacial score (nSPS) is 12.8. The summed E-state index contributed by atoms with van der Waals surface area (Å²) in [6, 6.07) is 13.9. The van der Waals surface area contributed by atoms with E-state index in [-0.39, 0.29) is 5.88 Å². The average molecular weight is 410 g/mol. The van der Waals surface area contributed by atoms with Crippen LogP contribution in [-0.4, -0.2) is 27.6 Å². The number of rotatable bonds is 3. The SMILES string of the molecule is NC(=O)c1cccc(C2=NC(=O)c3c(-c4cccc(Br)c4)[nH]c(O)c32)c1. The Morgan fingerprint density at radius 3 is 2.54 bits per heavy atom. The average Bonchev–Trinajstić information content (AvgIpc) is 3.14. The van der Waals surface area contributed by atoms with E-state index in [2.05, 4.69) is 25.9 Å². The molecular formula is C19H12BrN3O3. The second-order valence-corrected chi connectivity index (χ2v) is 6.74. The third kappa shape index (κ3) is 2.53. The molecule has 2 amide bonds. The summed E-state index contributed by atoms with van der Waals surface area (Å²) in [5.41, 5.74) is 8.33. The van der Waals surface area contributed by atoms with Crippen molar-refractivity contribution >= 4 is 33.5 Å². The van der Waals surface area contributed by atoms with Crippen LogP contribution in [0.1, 0.15) is 31.8 Å². The van der Waals surface area contributed by atoms with Crippen molar-refractivity contribution in [2.24, 2.45) is 10.7 Å². The molecule has 4 rings (SSSR count). The fourth-order valence-corrected chi connectivity index (χ4v) is 3.43. The van der Waals surface area contributed by atoms with Gasteiger partial charge >= 0.3 is 0 Å². The zero-order valence-corrected chi connectivity index (χ0v) is 14.9. The topological polar surface area (TPSA) is 109 Å². The number of nitrogens with one attached hydrogen (secondary N) is 1. The lowest BCUT2D eigenvalue weighted by atomic mass is 9.99. The van der Waals surface area contributed by atoms with Crippen molar-refractivity contribution < 1.29 is 14.7 Å². The van der Waals surface area contributed by atoms with Crippen LogP contribution in [0.2, 0.25) is 0 Å². The summed E-state index contributed by atoms with van der Waals surface area (Å²) in [7, 11) is 0. The number of benzene rings is 2. The number of aromatic nitrogens is 1. The molecule has 0 unspecified atom stereocenters. The molecule has 1 aliphatic rings. The summed E-state index contributed by atoms with van der Waals surface area (Å²) in [5.74, 6) is -1.18. The molecular weight excluding hydrogens is 398 g/mol. The Morgan fingerprint density at radius 2 is 1.81 bits per heavy atom. The number of hydrogen-bond donors (Lipinski definition) is 3. The van der Waals surface area contributed by atoms with Gasteiger partial charge in [-0.25, -0.2) is 4.99 Å². The number of aromatic amines is 1. The molecule has 2 aromatic carbocycles. The highest BCUT2D eigenvalue weighted by atomic mass is 79.9. The fourth-order valence-electron chi connectivity index (χ4n) is 3.03. The number of fused-ring (bicyclic) bond motifs is 1. The molecule has 0 fully saturated rings. The lowest BCUT2D eigenvalue weighted by Gasteiger charge is -2.03. The monoisotopic (exact) mass is 409 g/mol. The summed E-state index contributed by atoms with van der Waals surface area (Å²) >= 11 is 3.40. The van der Waals surface area contributed by atoms with E-state index >= 15 is 0 Å². The van der Waals surface area contributed by atoms with Crippen molar-refractivity contribution in [2.75, 3.05) is 0 Å². The summed E-state index contributed by atoms with van der Waals surface area (Å²) in [4.78, 5) is 30.9. The van der Waals surface area contributed by atoms with Crippen LogP contribution in [0.4, 0.5) is 0 Å². The van der Waals surface area contributed by atoms with Crippen molar-refractivity contribution in [1.29, 1.82) is 0 Å². The van der Waals surface area contributed by atoms with Gasteiger partial charge in [0.15, 0.2) is 5.88 Å². The van der Waals surface area contributed by atoms with Gasteiger partial charge in [0.2, 0.25) is 5.91 Å². The third-order valence-corrected chi connectivity index (χ3v) is 4.67. The highest BCUT2D eigenvalue weighted by molar-refractivity contribution is 9.10. The van der Waals surface area contributed by atoms with E-state index in [9.17, 15) is 14.7 Å². The van der Waals surface area contributed by atoms with E-state index in [1.54, 1.807) is 24.3 Å². The number of carbonyl (C=O) groups excluding carboxylic acids is 2. The molecule has 0 atom stereocenters. The zero-order valence-electron chi connectivity index (χ0n) is 13.3. The van der Waals surface area contributed by atoms with Crippen LogP contribution in [0.25, 0.3) is 11.3 Å². The minimum atomic E-state index is -0.579. The van der Waals surface area contributed by atoms with E-state index in [0.29, 0.717) is 33.7 Å². The number of aliphatic imine (C=N–C) groups is 1. The van der Waals surface area contributed by atoms with Gasteiger partial charge in [0.1, 0.15) is 0 Å². The second-order valence-electron chi connectivity index (χ2n) is 5.82. The molecule has 1 aromatic heterocycles. The number of amides is 2. The van der Waals surface area contributed by atoms with Crippen molar-refractivity contribution in [2.45, 2.75) is 0 Å². The minimum Gasteiger partial charge on any atom is -0.494 e. The Bertz CT molecular complexity index is 1110. The van der Waals surface area contributed by atoms with E-state index in [1.807, 2.05) is 24.3 Å². The summed E-state index contributed by atoms with van der Waals surface area (Å²) in [6.07, 6.45) is 0. The van der Waals surface area contributed by atoms with Crippen molar-refractivity contribution in [3.8, 4) is 17.1 Å². The number of nitrogens with two attached hydrogens (primary N) is 1. The van der Waals surface area contributed by atoms with Gasteiger partial charge in [0.25, 0.3) is 5.91 Å². The van der Waals surface area contributed by atoms with E-state index in [0.717, 1.165) is 10.0 Å². The van der Waals surface area contributed by atoms with Gasteiger partial charge in [-0.3, -0.25) is 9.59 Å². The Balaban J connectivity index is 1.88. The van der Waals surface area contributed by atoms with Gasteiger partial charge in [-0.2, -0.15) is 0 Å². The van der Waals surface area contributed by atoms with Crippen molar-refractivity contribution in [1.82, 2.24) is 4.98 Å². The molecule has 0 aliphatic carbocycles. The fraction of sp³-hybridized carbons (Fsp3) is 0. The number of H-pyrrole nitrogens is 1. The first-order valence-corrected chi connectivity index (χ1v) is 8.49. The van der Waals surface area contributed by atoms with E-state index in [1.165, 1.54) is 0 Å². The van der Waals surface area contributed by atoms with Crippen LogP contribution in [0.3, 0.4) is 0 Å². The quantitative estimate of drug-likeness (QED) is 0.617. The van der Waals surface area contributed by atoms with Gasteiger partial charge in [-0.1, -0.05) is 40.2 Å². The maximum Gasteiger partial charge on any atom is 0.280 e. The van der Waals surface area contributed by atoms with Gasteiger partial charge in [0.05, 0.1) is 22.5 Å². The first kappa shape index (κ1) is 16.3. The molecule has 1 aliphatic heterocycles. The molecule has 128 valence electrons. The third-order valence-electron chi connectivity index (χ3n) is 4.18. The van der Waals surface area contributed by atoms with Gasteiger partial charge < -0.3 is 15.8 Å². The molecule has 7 heteroatoms. The molecule has 4 N–H and O–H groups in total. The summed E-state index contributed by atoms with van der Waals surface area (Å²) in [5, 5.41) is 10.4. The molecule has 6 nitrogen and oxygen atoms in total. The molecule has 0 saturated carbocycles. The van der Waals surface area contributed by atoms with Gasteiger partial charge in [-0.05, 0) is 29.8 Å². The van der Waals surface area contributed by atoms with Crippen LogP contribution in [0.15, 0.2) is 58.0 Å². The smallest absolute Gasteiger partial charge is 0.280 e. The number of halogens is 1. The second kappa shape index (κ2) is 5.96. The number of carbonyl (C=O) groups is 2. The number of primary amides is 1. The van der Waals surface area contributed by atoms with E-state index in [4.69, 9.17) is 5.73 Å². The van der Waals surface area contributed by atoms with Crippen LogP contribution in [0.5, 0.6) is 5.88 Å². The molecule has 0 spiro atoms. The maximum atomic E-state index is 12.5. The highest BCUT2D eigenvalue weighted by Crippen LogP contribution is 2.38. The van der Waals surface area contributed by atoms with Crippen LogP contribution >= 0.6 is 15.9 Å². The van der Waals surface area contributed by atoms with Crippen LogP contribution in [0, 0.1) is 0 Å². The first-order valence-electron chi connectivity index (χ1n) is 7.70. The predicted octanol–water partition coefficient (Wildman–Crippen LogP) is 3.24. The van der Waals surface area contributed by atoms with Crippen molar-refractivity contribution in [3.63, 3.8) is 0 Å². The first-order chi connectivity index (χ1) is 12.5. The lowest BCUT2D eigenvalue weighted by molar-refractivity contribution is 0.0995. The Labute approximate surface area is 156 Å². The highest BCUT2D eigenvalue weighted by Gasteiger charge is 2.33. The van der Waals surface area contributed by atoms with Crippen LogP contribution < -0.4 is 5.73 Å². The standard InChI is InChI=1S/C19H12BrN3O3/c20-12-6-2-4-10(8-12)16-14-13(18(25)23-16)15(22-19(14)26)9-3-1-5-11(7-9)17(21)24/h1-8,23,25H,(H2,21,24). The van der Waals surface area contributed by atoms with Crippen molar-refractivity contribution in [3.05, 3.63) is 75.3 Å². The molecule has 0 saturated heterocycles. The lowest BCUT2D eigenvalue weighted by Crippen LogP contribution is -2.12. The van der Waals surface area contributed by atoms with Gasteiger partial charge in [-0.15, -0.1) is 0 Å². The molecule has 26 heavy (non-hydrogen) atoms. The number of aromatic hydroxyl groups is 1. The Morgan fingerprint density at radius 1 is 1.08 bits per heavy atom. The molecule has 0 bridgehead atoms. The van der Waals surface area contributed by atoms with Gasteiger partial charge in [0, 0.05) is 15.6 Å². The number of hydrogen-bond acceptors (Lipinski definition) is 3. The molecule has 2 heterocycles. The maximum absolute atomic E-state index is 12.5. The Kier molecular flexibility index (Phi) is 3.73. The number of nitrogens with zero attached hydrogens (tertiary/aromatic N) is 1.